The first-order valence-electron chi connectivity index (χ1n) is 16.5. The largest absolute Gasteiger partial charge is 0.497 e. The number of hydrogen-bond donors (Lipinski definition) is 2. The summed E-state index contributed by atoms with van der Waals surface area (Å²) < 4.78 is 27.7. The molecular weight excluding hydrogens is 698 g/mol. The molecule has 0 radical (unpaired) electrons. The predicted octanol–water partition coefficient (Wildman–Crippen LogP) is 5.04. The van der Waals surface area contributed by atoms with Crippen molar-refractivity contribution in [3.05, 3.63) is 58.7 Å². The van der Waals surface area contributed by atoms with E-state index in [-0.39, 0.29) is 41.5 Å². The zero-order valence-corrected chi connectivity index (χ0v) is 31.6. The molecule has 1 aliphatic carbocycles. The lowest BCUT2D eigenvalue weighted by molar-refractivity contribution is -0.142. The molecule has 2 aliphatic heterocycles. The molecule has 2 aromatic rings. The Hall–Kier alpha value is -5.18. The lowest BCUT2D eigenvalue weighted by Crippen LogP contribution is -2.60. The number of methoxy groups -OCH3 is 2. The molecule has 0 bridgehead atoms. The van der Waals surface area contributed by atoms with Gasteiger partial charge in [-0.15, -0.1) is 11.6 Å². The summed E-state index contributed by atoms with van der Waals surface area (Å²) in [6.07, 6.45) is 5.00. The van der Waals surface area contributed by atoms with Gasteiger partial charge in [-0.1, -0.05) is 0 Å². The van der Waals surface area contributed by atoms with Crippen LogP contribution in [0.5, 0.6) is 5.75 Å². The van der Waals surface area contributed by atoms with Gasteiger partial charge in [0.05, 0.1) is 31.0 Å². The second-order valence-corrected chi connectivity index (χ2v) is 14.5. The summed E-state index contributed by atoms with van der Waals surface area (Å²) in [5.74, 6) is -1.53. The average molecular weight is 742 g/mol. The van der Waals surface area contributed by atoms with E-state index in [9.17, 15) is 24.0 Å². The Morgan fingerprint density at radius 2 is 1.79 bits per heavy atom. The van der Waals surface area contributed by atoms with Crippen molar-refractivity contribution in [2.45, 2.75) is 64.7 Å². The fourth-order valence-electron chi connectivity index (χ4n) is 6.39. The highest BCUT2D eigenvalue weighted by Crippen LogP contribution is 2.48. The molecule has 16 heteroatoms. The number of ether oxygens (including phenoxy) is 5. The summed E-state index contributed by atoms with van der Waals surface area (Å²) in [6, 6.07) is 1.53. The molecule has 0 saturated carbocycles. The number of carbonyl (C=O) groups excluding carboxylic acids is 5. The molecule has 1 aromatic carbocycles. The number of benzene rings is 1. The second kappa shape index (κ2) is 14.1. The van der Waals surface area contributed by atoms with Gasteiger partial charge in [-0.25, -0.2) is 19.8 Å². The number of anilines is 1. The SMILES string of the molecule is COC(=O)c1c(C)[nH]c2c(OC(=O)N(C)C(C)(C)C(=O)N(C)NC(=O)OC(C)(C)C)cc3c(c12)C(CCl)CN3C(=O)C1=CC2C=C(OC)C=CC2O1. The third kappa shape index (κ3) is 7.01. The normalized spacial score (nSPS) is 19.1. The minimum Gasteiger partial charge on any atom is -0.497 e. The minimum absolute atomic E-state index is 0.0223. The van der Waals surface area contributed by atoms with E-state index in [1.807, 2.05) is 12.2 Å². The first-order valence-corrected chi connectivity index (χ1v) is 17.1. The molecule has 4 amide bonds. The Balaban J connectivity index is 1.52. The Labute approximate surface area is 306 Å². The number of allylic oxidation sites excluding steroid dienone is 1. The fraction of sp³-hybridized carbons (Fsp3) is 0.472. The van der Waals surface area contributed by atoms with Crippen molar-refractivity contribution in [3.63, 3.8) is 0 Å². The Morgan fingerprint density at radius 3 is 2.40 bits per heavy atom. The number of aromatic nitrogens is 1. The molecule has 0 fully saturated rings. The number of likely N-dealkylation sites (N-methyl/N-ethyl adjacent to an activating group) is 2. The van der Waals surface area contributed by atoms with Crippen LogP contribution in [0, 0.1) is 12.8 Å². The molecule has 1 aromatic heterocycles. The highest BCUT2D eigenvalue weighted by molar-refractivity contribution is 6.20. The number of aryl methyl sites for hydroxylation is 1. The van der Waals surface area contributed by atoms with Crippen LogP contribution in [0.15, 0.2) is 41.9 Å². The van der Waals surface area contributed by atoms with Crippen molar-refractivity contribution in [3.8, 4) is 5.75 Å². The van der Waals surface area contributed by atoms with E-state index in [2.05, 4.69) is 10.4 Å². The van der Waals surface area contributed by atoms with Gasteiger partial charge in [0, 0.05) is 55.5 Å². The van der Waals surface area contributed by atoms with Gasteiger partial charge in [0.25, 0.3) is 11.8 Å². The smallest absolute Gasteiger partial charge is 0.426 e. The summed E-state index contributed by atoms with van der Waals surface area (Å²) in [5, 5.41) is 1.31. The van der Waals surface area contributed by atoms with Crippen molar-refractivity contribution in [1.82, 2.24) is 20.3 Å². The van der Waals surface area contributed by atoms with E-state index in [4.69, 9.17) is 35.3 Å². The first kappa shape index (κ1) is 38.1. The van der Waals surface area contributed by atoms with Crippen LogP contribution in [0.4, 0.5) is 15.3 Å². The zero-order valence-electron chi connectivity index (χ0n) is 30.8. The zero-order chi connectivity index (χ0) is 38.4. The molecule has 3 heterocycles. The minimum atomic E-state index is -1.54. The third-order valence-electron chi connectivity index (χ3n) is 9.21. The number of carbonyl (C=O) groups is 5. The molecule has 0 saturated heterocycles. The number of hydrazine groups is 1. The maximum absolute atomic E-state index is 14.2. The third-order valence-corrected chi connectivity index (χ3v) is 9.58. The van der Waals surface area contributed by atoms with Crippen molar-refractivity contribution in [2.24, 2.45) is 5.92 Å². The number of H-pyrrole nitrogens is 1. The molecule has 3 atom stereocenters. The van der Waals surface area contributed by atoms with Crippen molar-refractivity contribution >= 4 is 58.2 Å². The van der Waals surface area contributed by atoms with Crippen LogP contribution in [0.1, 0.15) is 62.2 Å². The summed E-state index contributed by atoms with van der Waals surface area (Å²) in [5.41, 5.74) is 1.88. The topological polar surface area (TPSA) is 169 Å². The van der Waals surface area contributed by atoms with Crippen LogP contribution >= 0.6 is 11.6 Å². The van der Waals surface area contributed by atoms with Gasteiger partial charge in [-0.2, -0.15) is 0 Å². The number of hydrogen-bond acceptors (Lipinski definition) is 10. The van der Waals surface area contributed by atoms with Crippen LogP contribution in [0.25, 0.3) is 10.9 Å². The van der Waals surface area contributed by atoms with Gasteiger partial charge < -0.3 is 33.6 Å². The quantitative estimate of drug-likeness (QED) is 0.223. The number of rotatable bonds is 7. The Kier molecular flexibility index (Phi) is 10.3. The molecular formula is C36H44ClN5O10. The highest BCUT2D eigenvalue weighted by Gasteiger charge is 2.43. The van der Waals surface area contributed by atoms with Gasteiger partial charge in [-0.05, 0) is 71.4 Å². The second-order valence-electron chi connectivity index (χ2n) is 14.2. The van der Waals surface area contributed by atoms with Crippen LogP contribution in [-0.2, 0) is 28.5 Å². The van der Waals surface area contributed by atoms with Crippen LogP contribution in [0.3, 0.4) is 0 Å². The van der Waals surface area contributed by atoms with E-state index < -0.39 is 47.0 Å². The van der Waals surface area contributed by atoms with E-state index in [0.29, 0.717) is 33.6 Å². The van der Waals surface area contributed by atoms with Crippen LogP contribution in [-0.4, -0.2) is 103 Å². The van der Waals surface area contributed by atoms with Gasteiger partial charge in [-0.3, -0.25) is 19.5 Å². The molecule has 280 valence electrons. The predicted molar refractivity (Wildman–Crippen MR) is 191 cm³/mol. The standard InChI is InChI=1S/C36H44ClN5O10/c1-18-26(31(44)49-10)28-27-20(16-37)17-42(30(43)25-14-19-13-21(48-9)11-12-23(19)50-25)22(27)15-24(29(28)38-18)51-34(47)40(7)36(5,6)32(45)41(8)39-33(46)52-35(2,3)4/h11-15,19-20,23,38H,16-17H2,1-10H3,(H,39,46). The van der Waals surface area contributed by atoms with Gasteiger partial charge in [0.1, 0.15) is 23.0 Å². The van der Waals surface area contributed by atoms with Gasteiger partial charge in [0.2, 0.25) is 0 Å². The summed E-state index contributed by atoms with van der Waals surface area (Å²) in [6.45, 7) is 9.83. The molecule has 15 nitrogen and oxygen atoms in total. The molecule has 3 unspecified atom stereocenters. The molecule has 52 heavy (non-hydrogen) atoms. The summed E-state index contributed by atoms with van der Waals surface area (Å²) in [4.78, 5) is 72.7. The Morgan fingerprint density at radius 1 is 1.10 bits per heavy atom. The molecule has 3 aliphatic rings. The number of nitrogens with one attached hydrogen (secondary N) is 2. The highest BCUT2D eigenvalue weighted by atomic mass is 35.5. The summed E-state index contributed by atoms with van der Waals surface area (Å²) in [7, 11) is 5.51. The number of fused-ring (bicyclic) bond motifs is 4. The average Bonchev–Trinajstić information content (AvgIpc) is 3.78. The van der Waals surface area contributed by atoms with E-state index in [0.717, 1.165) is 9.91 Å². The van der Waals surface area contributed by atoms with Crippen molar-refractivity contribution in [2.75, 3.05) is 45.6 Å². The molecule has 5 rings (SSSR count). The summed E-state index contributed by atoms with van der Waals surface area (Å²) >= 11 is 6.50. The lowest BCUT2D eigenvalue weighted by Gasteiger charge is -2.36. The number of amides is 4. The van der Waals surface area contributed by atoms with Gasteiger partial charge in [0.15, 0.2) is 11.5 Å². The number of esters is 1. The first-order chi connectivity index (χ1) is 24.3. The monoisotopic (exact) mass is 741 g/mol. The van der Waals surface area contributed by atoms with Crippen LogP contribution in [0.2, 0.25) is 0 Å². The van der Waals surface area contributed by atoms with E-state index in [1.54, 1.807) is 47.0 Å². The van der Waals surface area contributed by atoms with Crippen LogP contribution < -0.4 is 15.1 Å². The number of halogens is 1. The fourth-order valence-corrected chi connectivity index (χ4v) is 6.64. The lowest BCUT2D eigenvalue weighted by atomic mass is 9.95. The molecule has 0 spiro atoms. The van der Waals surface area contributed by atoms with Gasteiger partial charge >= 0.3 is 18.2 Å². The number of aromatic amines is 1. The maximum Gasteiger partial charge on any atom is 0.426 e. The number of alkyl halides is 1. The van der Waals surface area contributed by atoms with E-state index in [1.165, 1.54) is 46.0 Å². The number of nitrogens with zero attached hydrogens (tertiary/aromatic N) is 3. The van der Waals surface area contributed by atoms with Crippen molar-refractivity contribution < 1.29 is 47.7 Å². The Bertz CT molecular complexity index is 1920. The molecule has 2 N–H and O–H groups in total. The maximum atomic E-state index is 14.2. The van der Waals surface area contributed by atoms with Crippen molar-refractivity contribution in [1.29, 1.82) is 0 Å². The van der Waals surface area contributed by atoms with E-state index >= 15 is 0 Å².